The summed E-state index contributed by atoms with van der Waals surface area (Å²) >= 11 is 0. The van der Waals surface area contributed by atoms with Crippen molar-refractivity contribution in [3.63, 3.8) is 0 Å². The number of alkyl halides is 3. The second-order valence-electron chi connectivity index (χ2n) is 4.77. The zero-order valence-corrected chi connectivity index (χ0v) is 12.5. The molecule has 0 saturated heterocycles. The molecule has 0 saturated carbocycles. The number of rotatable bonds is 4. The Kier molecular flexibility index (Phi) is 4.91. The van der Waals surface area contributed by atoms with Gasteiger partial charge < -0.3 is 9.72 Å². The average Bonchev–Trinajstić information content (AvgIpc) is 2.51. The highest BCUT2D eigenvalue weighted by molar-refractivity contribution is 5.88. The third kappa shape index (κ3) is 3.55. The largest absolute Gasteiger partial charge is 0.462 e. The molecule has 0 aliphatic carbocycles. The number of carbonyl (C=O) groups is 1. The zero-order chi connectivity index (χ0) is 17.9. The first kappa shape index (κ1) is 17.5. The molecule has 0 spiro atoms. The van der Waals surface area contributed by atoms with E-state index in [0.29, 0.717) is 4.57 Å². The molecule has 1 aromatic carbocycles. The van der Waals surface area contributed by atoms with Gasteiger partial charge in [-0.15, -0.1) is 0 Å². The molecule has 1 heterocycles. The topological polar surface area (TPSA) is 81.2 Å². The summed E-state index contributed by atoms with van der Waals surface area (Å²) in [5, 5.41) is 0. The fourth-order valence-electron chi connectivity index (χ4n) is 2.11. The van der Waals surface area contributed by atoms with E-state index in [-0.39, 0.29) is 12.2 Å². The molecule has 0 bridgehead atoms. The minimum absolute atomic E-state index is 0.00824. The van der Waals surface area contributed by atoms with Crippen molar-refractivity contribution >= 4 is 5.97 Å². The maximum atomic E-state index is 13.0. The van der Waals surface area contributed by atoms with Crippen molar-refractivity contribution in [2.75, 3.05) is 6.61 Å². The first-order valence-corrected chi connectivity index (χ1v) is 6.90. The molecular weight excluding hydrogens is 329 g/mol. The van der Waals surface area contributed by atoms with Crippen LogP contribution in [0.15, 0.2) is 40.1 Å². The molecule has 24 heavy (non-hydrogen) atoms. The minimum atomic E-state index is -4.63. The number of hydrogen-bond acceptors (Lipinski definition) is 4. The lowest BCUT2D eigenvalue weighted by Crippen LogP contribution is -2.39. The van der Waals surface area contributed by atoms with Crippen LogP contribution >= 0.6 is 0 Å². The molecular formula is C15H13F3N2O4. The molecule has 9 heteroatoms. The molecule has 1 N–H and O–H groups in total. The van der Waals surface area contributed by atoms with Gasteiger partial charge in [-0.25, -0.2) is 9.59 Å². The molecule has 0 atom stereocenters. The first-order valence-electron chi connectivity index (χ1n) is 6.90. The van der Waals surface area contributed by atoms with Gasteiger partial charge in [-0.1, -0.05) is 18.2 Å². The highest BCUT2D eigenvalue weighted by Gasteiger charge is 2.33. The number of aromatic nitrogens is 2. The quantitative estimate of drug-likeness (QED) is 0.859. The zero-order valence-electron chi connectivity index (χ0n) is 12.5. The molecule has 0 fully saturated rings. The summed E-state index contributed by atoms with van der Waals surface area (Å²) in [5.41, 5.74) is -3.63. The van der Waals surface area contributed by atoms with Crippen molar-refractivity contribution < 1.29 is 22.7 Å². The normalized spacial score (nSPS) is 11.3. The summed E-state index contributed by atoms with van der Waals surface area (Å²) in [6.45, 7) is 0.910. The van der Waals surface area contributed by atoms with Crippen LogP contribution in [0.4, 0.5) is 13.2 Å². The van der Waals surface area contributed by atoms with E-state index in [1.165, 1.54) is 19.1 Å². The maximum absolute atomic E-state index is 13.0. The van der Waals surface area contributed by atoms with Gasteiger partial charge in [-0.2, -0.15) is 13.2 Å². The highest BCUT2D eigenvalue weighted by Crippen LogP contribution is 2.31. The molecule has 0 unspecified atom stereocenters. The summed E-state index contributed by atoms with van der Waals surface area (Å²) < 4.78 is 44.2. The van der Waals surface area contributed by atoms with Gasteiger partial charge in [0.25, 0.3) is 5.56 Å². The Hall–Kier alpha value is -2.84. The van der Waals surface area contributed by atoms with E-state index in [9.17, 15) is 27.6 Å². The number of halogens is 3. The number of ether oxygens (including phenoxy) is 1. The summed E-state index contributed by atoms with van der Waals surface area (Å²) in [4.78, 5) is 37.9. The average molecular weight is 342 g/mol. The number of benzene rings is 1. The Labute approximate surface area is 133 Å². The summed E-state index contributed by atoms with van der Waals surface area (Å²) in [6, 6.07) is 4.57. The fraction of sp³-hybridized carbons (Fsp3) is 0.267. The van der Waals surface area contributed by atoms with Gasteiger partial charge in [-0.3, -0.25) is 9.36 Å². The van der Waals surface area contributed by atoms with Crippen LogP contribution in [0.5, 0.6) is 0 Å². The van der Waals surface area contributed by atoms with Crippen LogP contribution in [0.1, 0.15) is 28.4 Å². The van der Waals surface area contributed by atoms with Crippen molar-refractivity contribution in [1.29, 1.82) is 0 Å². The van der Waals surface area contributed by atoms with Crippen molar-refractivity contribution in [2.24, 2.45) is 0 Å². The van der Waals surface area contributed by atoms with Crippen LogP contribution < -0.4 is 11.2 Å². The molecule has 0 aliphatic rings. The van der Waals surface area contributed by atoms with E-state index in [1.807, 2.05) is 0 Å². The van der Waals surface area contributed by atoms with Crippen LogP contribution in [0, 0.1) is 0 Å². The monoisotopic (exact) mass is 342 g/mol. The van der Waals surface area contributed by atoms with Crippen LogP contribution in [0.2, 0.25) is 0 Å². The summed E-state index contributed by atoms with van der Waals surface area (Å²) in [6.07, 6.45) is -3.75. The third-order valence-corrected chi connectivity index (χ3v) is 3.21. The lowest BCUT2D eigenvalue weighted by molar-refractivity contribution is -0.138. The third-order valence-electron chi connectivity index (χ3n) is 3.21. The Morgan fingerprint density at radius 2 is 1.92 bits per heavy atom. The maximum Gasteiger partial charge on any atom is 0.416 e. The number of carbonyl (C=O) groups excluding carboxylic acids is 1. The van der Waals surface area contributed by atoms with Crippen molar-refractivity contribution in [3.8, 4) is 0 Å². The standard InChI is InChI=1S/C15H13F3N2O4/c1-2-24-13(22)10-7-19-14(23)20(12(10)21)8-9-5-3-4-6-11(9)15(16,17)18/h3-7H,2,8H2,1H3,(H,19,23). The Morgan fingerprint density at radius 3 is 2.54 bits per heavy atom. The number of hydrogen-bond donors (Lipinski definition) is 1. The molecule has 128 valence electrons. The lowest BCUT2D eigenvalue weighted by Gasteiger charge is -2.13. The molecule has 2 rings (SSSR count). The van der Waals surface area contributed by atoms with Gasteiger partial charge in [0.05, 0.1) is 18.7 Å². The number of nitrogens with zero attached hydrogens (tertiary/aromatic N) is 1. The predicted octanol–water partition coefficient (Wildman–Crippen LogP) is 1.78. The van der Waals surface area contributed by atoms with Crippen LogP contribution in [-0.4, -0.2) is 22.1 Å². The van der Waals surface area contributed by atoms with E-state index in [0.717, 1.165) is 18.3 Å². The van der Waals surface area contributed by atoms with E-state index < -0.39 is 41.1 Å². The molecule has 2 aromatic rings. The number of H-pyrrole nitrogens is 1. The number of aromatic amines is 1. The Balaban J connectivity index is 2.53. The Bertz CT molecular complexity index is 868. The highest BCUT2D eigenvalue weighted by atomic mass is 19.4. The molecule has 0 aliphatic heterocycles. The van der Waals surface area contributed by atoms with E-state index in [2.05, 4.69) is 9.72 Å². The van der Waals surface area contributed by atoms with Crippen molar-refractivity contribution in [3.05, 3.63) is 68.0 Å². The van der Waals surface area contributed by atoms with Crippen LogP contribution in [0.3, 0.4) is 0 Å². The molecule has 0 radical (unpaired) electrons. The minimum Gasteiger partial charge on any atom is -0.462 e. The second-order valence-corrected chi connectivity index (χ2v) is 4.77. The molecule has 1 aromatic heterocycles. The number of esters is 1. The molecule has 0 amide bonds. The van der Waals surface area contributed by atoms with Gasteiger partial charge in [0.2, 0.25) is 0 Å². The summed E-state index contributed by atoms with van der Waals surface area (Å²) in [7, 11) is 0. The SMILES string of the molecule is CCOC(=O)c1c[nH]c(=O)n(Cc2ccccc2C(F)(F)F)c1=O. The van der Waals surface area contributed by atoms with Gasteiger partial charge in [0.15, 0.2) is 0 Å². The first-order chi connectivity index (χ1) is 11.3. The van der Waals surface area contributed by atoms with E-state index in [1.54, 1.807) is 0 Å². The van der Waals surface area contributed by atoms with Gasteiger partial charge in [-0.05, 0) is 18.6 Å². The van der Waals surface area contributed by atoms with Crippen LogP contribution in [0.25, 0.3) is 0 Å². The smallest absolute Gasteiger partial charge is 0.416 e. The fourth-order valence-corrected chi connectivity index (χ4v) is 2.11. The van der Waals surface area contributed by atoms with Crippen molar-refractivity contribution in [2.45, 2.75) is 19.6 Å². The van der Waals surface area contributed by atoms with Crippen molar-refractivity contribution in [1.82, 2.24) is 9.55 Å². The van der Waals surface area contributed by atoms with E-state index >= 15 is 0 Å². The Morgan fingerprint density at radius 1 is 1.25 bits per heavy atom. The van der Waals surface area contributed by atoms with Gasteiger partial charge in [0.1, 0.15) is 5.56 Å². The van der Waals surface area contributed by atoms with E-state index in [4.69, 9.17) is 0 Å². The van der Waals surface area contributed by atoms with Gasteiger partial charge >= 0.3 is 17.8 Å². The summed E-state index contributed by atoms with van der Waals surface area (Å²) in [5.74, 6) is -0.961. The van der Waals surface area contributed by atoms with Gasteiger partial charge in [0, 0.05) is 6.20 Å². The lowest BCUT2D eigenvalue weighted by atomic mass is 10.1. The number of nitrogens with one attached hydrogen (secondary N) is 1. The van der Waals surface area contributed by atoms with Crippen LogP contribution in [-0.2, 0) is 17.5 Å². The predicted molar refractivity (Wildman–Crippen MR) is 77.8 cm³/mol. The second kappa shape index (κ2) is 6.73. The molecule has 6 nitrogen and oxygen atoms in total.